The van der Waals surface area contributed by atoms with E-state index in [0.29, 0.717) is 18.3 Å². The Bertz CT molecular complexity index is 864. The summed E-state index contributed by atoms with van der Waals surface area (Å²) in [6.45, 7) is 21.3. The minimum absolute atomic E-state index is 0.0708. The molecule has 0 aromatic heterocycles. The summed E-state index contributed by atoms with van der Waals surface area (Å²) in [6, 6.07) is 0. The van der Waals surface area contributed by atoms with Gasteiger partial charge < -0.3 is 14.7 Å². The minimum atomic E-state index is -5.06. The third-order valence-electron chi connectivity index (χ3n) is 10.9. The van der Waals surface area contributed by atoms with Gasteiger partial charge in [-0.3, -0.25) is 4.52 Å². The molecule has 0 amide bonds. The molecule has 0 saturated carbocycles. The topological polar surface area (TPSA) is 113 Å². The molecule has 0 aromatic rings. The Labute approximate surface area is 305 Å². The largest absolute Gasteiger partial charge is 0.481 e. The Morgan fingerprint density at radius 3 is 0.837 bits per heavy atom. The molecular formula is C40H84O7P2. The van der Waals surface area contributed by atoms with Crippen LogP contribution in [-0.2, 0) is 18.0 Å². The Morgan fingerprint density at radius 1 is 0.388 bits per heavy atom. The zero-order valence-corrected chi connectivity index (χ0v) is 35.5. The summed E-state index contributed by atoms with van der Waals surface area (Å²) in [7, 11) is -9.79. The second kappa shape index (κ2) is 28.7. The number of phosphoric acid groups is 2. The van der Waals surface area contributed by atoms with Crippen LogP contribution in [0, 0.1) is 47.3 Å². The highest BCUT2D eigenvalue weighted by atomic mass is 31.3. The molecule has 0 aliphatic rings. The van der Waals surface area contributed by atoms with Gasteiger partial charge in [0, 0.05) is 0 Å². The molecule has 0 aromatic carbocycles. The van der Waals surface area contributed by atoms with Crippen LogP contribution in [0.3, 0.4) is 0 Å². The van der Waals surface area contributed by atoms with Crippen LogP contribution in [0.5, 0.6) is 0 Å². The van der Waals surface area contributed by atoms with Crippen molar-refractivity contribution in [2.45, 2.75) is 204 Å². The zero-order chi connectivity index (χ0) is 37.3. The summed E-state index contributed by atoms with van der Waals surface area (Å²) in [5.74, 6) is 6.17. The van der Waals surface area contributed by atoms with E-state index in [1.165, 1.54) is 122 Å². The van der Waals surface area contributed by atoms with E-state index in [-0.39, 0.29) is 6.61 Å². The third-order valence-corrected chi connectivity index (χ3v) is 13.1. The van der Waals surface area contributed by atoms with Crippen molar-refractivity contribution in [2.75, 3.05) is 6.61 Å². The smallest absolute Gasteiger partial charge is 0.302 e. The molecule has 8 unspecified atom stereocenters. The van der Waals surface area contributed by atoms with Crippen molar-refractivity contribution in [1.82, 2.24) is 0 Å². The molecule has 9 heteroatoms. The van der Waals surface area contributed by atoms with Crippen LogP contribution in [0.4, 0.5) is 0 Å². The lowest BCUT2D eigenvalue weighted by Gasteiger charge is -2.18. The molecule has 0 saturated heterocycles. The molecule has 0 bridgehead atoms. The van der Waals surface area contributed by atoms with Gasteiger partial charge in [0.1, 0.15) is 0 Å². The quantitative estimate of drug-likeness (QED) is 0.0563. The van der Waals surface area contributed by atoms with Gasteiger partial charge >= 0.3 is 15.6 Å². The molecule has 0 fully saturated rings. The number of hydrogen-bond donors (Lipinski definition) is 3. The van der Waals surface area contributed by atoms with Crippen LogP contribution in [0.1, 0.15) is 204 Å². The second-order valence-corrected chi connectivity index (χ2v) is 20.1. The highest BCUT2D eigenvalue weighted by Crippen LogP contribution is 2.57. The number of rotatable bonds is 34. The van der Waals surface area contributed by atoms with E-state index in [9.17, 15) is 14.0 Å². The molecule has 49 heavy (non-hydrogen) atoms. The highest BCUT2D eigenvalue weighted by molar-refractivity contribution is 7.60. The minimum Gasteiger partial charge on any atom is -0.302 e. The fourth-order valence-electron chi connectivity index (χ4n) is 7.30. The monoisotopic (exact) mass is 739 g/mol. The molecule has 7 nitrogen and oxygen atoms in total. The summed E-state index contributed by atoms with van der Waals surface area (Å²) >= 11 is 0. The molecule has 0 aliphatic carbocycles. The molecule has 296 valence electrons. The summed E-state index contributed by atoms with van der Waals surface area (Å²) in [5, 5.41) is 0. The van der Waals surface area contributed by atoms with Gasteiger partial charge in [0.05, 0.1) is 6.61 Å². The van der Waals surface area contributed by atoms with Crippen molar-refractivity contribution in [2.24, 2.45) is 47.3 Å². The predicted octanol–water partition coefficient (Wildman–Crippen LogP) is 13.9. The fraction of sp³-hybridized carbons (Fsp3) is 1.00. The van der Waals surface area contributed by atoms with Crippen LogP contribution in [0.2, 0.25) is 0 Å². The van der Waals surface area contributed by atoms with Gasteiger partial charge in [-0.05, 0) is 53.8 Å². The predicted molar refractivity (Wildman–Crippen MR) is 209 cm³/mol. The van der Waals surface area contributed by atoms with Crippen molar-refractivity contribution >= 4 is 15.6 Å². The third kappa shape index (κ3) is 33.8. The molecule has 0 heterocycles. The summed E-state index contributed by atoms with van der Waals surface area (Å²) < 4.78 is 30.7. The molecule has 0 aliphatic heterocycles. The summed E-state index contributed by atoms with van der Waals surface area (Å²) in [4.78, 5) is 26.7. The van der Waals surface area contributed by atoms with Crippen molar-refractivity contribution in [1.29, 1.82) is 0 Å². The molecule has 0 spiro atoms. The summed E-state index contributed by atoms with van der Waals surface area (Å²) in [6.07, 6.45) is 28.7. The van der Waals surface area contributed by atoms with Gasteiger partial charge in [0.2, 0.25) is 0 Å². The molecule has 3 N–H and O–H groups in total. The van der Waals surface area contributed by atoms with Gasteiger partial charge in [0.15, 0.2) is 0 Å². The summed E-state index contributed by atoms with van der Waals surface area (Å²) in [5.41, 5.74) is 0. The highest BCUT2D eigenvalue weighted by Gasteiger charge is 2.32. The van der Waals surface area contributed by atoms with Gasteiger partial charge in [-0.15, -0.1) is 0 Å². The molecule has 8 atom stereocenters. The average molecular weight is 739 g/mol. The van der Waals surface area contributed by atoms with Crippen molar-refractivity contribution in [3.63, 3.8) is 0 Å². The molecule has 0 rings (SSSR count). The van der Waals surface area contributed by atoms with E-state index in [1.807, 2.05) is 0 Å². The number of phosphoric ester groups is 1. The van der Waals surface area contributed by atoms with E-state index >= 15 is 0 Å². The second-order valence-electron chi connectivity index (χ2n) is 17.3. The normalized spacial score (nSPS) is 18.1. The van der Waals surface area contributed by atoms with Crippen molar-refractivity contribution in [3.05, 3.63) is 0 Å². The lowest BCUT2D eigenvalue weighted by Crippen LogP contribution is -2.04. The number of hydrogen-bond acceptors (Lipinski definition) is 4. The van der Waals surface area contributed by atoms with E-state index in [1.54, 1.807) is 0 Å². The van der Waals surface area contributed by atoms with Gasteiger partial charge in [-0.25, -0.2) is 9.13 Å². The van der Waals surface area contributed by atoms with Crippen molar-refractivity contribution < 1.29 is 32.6 Å². The first-order chi connectivity index (χ1) is 22.9. The Hall–Kier alpha value is 0.260. The zero-order valence-electron chi connectivity index (χ0n) is 33.8. The van der Waals surface area contributed by atoms with E-state index in [4.69, 9.17) is 9.79 Å². The fourth-order valence-corrected chi connectivity index (χ4v) is 8.90. The standard InChI is InChI=1S/C40H84O7P2/c1-33(2)17-10-18-34(3)19-11-20-35(4)21-12-22-36(5)23-13-24-37(6)25-14-26-38(7)27-15-28-39(8)29-16-30-40(9)31-32-46-49(44,45)47-48(41,42)43/h33-40H,10-32H2,1-9H3,(H,44,45)(H2,41,42,43). The maximum Gasteiger partial charge on any atom is 0.481 e. The van der Waals surface area contributed by atoms with Gasteiger partial charge in [0.25, 0.3) is 0 Å². The van der Waals surface area contributed by atoms with Crippen molar-refractivity contribution in [3.8, 4) is 0 Å². The van der Waals surface area contributed by atoms with Crippen LogP contribution in [-0.4, -0.2) is 21.3 Å². The van der Waals surface area contributed by atoms with Crippen LogP contribution < -0.4 is 0 Å². The Morgan fingerprint density at radius 2 is 0.612 bits per heavy atom. The first-order valence-electron chi connectivity index (χ1n) is 20.6. The van der Waals surface area contributed by atoms with Gasteiger partial charge in [-0.1, -0.05) is 197 Å². The van der Waals surface area contributed by atoms with Gasteiger partial charge in [-0.2, -0.15) is 4.31 Å². The van der Waals surface area contributed by atoms with Crippen LogP contribution in [0.15, 0.2) is 0 Å². The first kappa shape index (κ1) is 49.3. The lowest BCUT2D eigenvalue weighted by molar-refractivity contribution is 0.169. The first-order valence-corrected chi connectivity index (χ1v) is 23.6. The molecular weight excluding hydrogens is 654 g/mol. The van der Waals surface area contributed by atoms with Crippen LogP contribution >= 0.6 is 15.6 Å². The Balaban J connectivity index is 3.78. The maximum absolute atomic E-state index is 11.5. The Kier molecular flexibility index (Phi) is 28.9. The van der Waals surface area contributed by atoms with Crippen LogP contribution in [0.25, 0.3) is 0 Å². The van der Waals surface area contributed by atoms with E-state index in [2.05, 4.69) is 71.1 Å². The maximum atomic E-state index is 11.5. The van der Waals surface area contributed by atoms with E-state index in [0.717, 1.165) is 48.3 Å². The lowest BCUT2D eigenvalue weighted by atomic mass is 9.88. The van der Waals surface area contributed by atoms with E-state index < -0.39 is 15.6 Å². The average Bonchev–Trinajstić information content (AvgIpc) is 2.95. The molecule has 0 radical (unpaired) electrons. The SMILES string of the molecule is CC(C)CCCC(C)CCCC(C)CCCC(C)CCCC(C)CCCC(C)CCCC(C)CCCC(C)CCOP(=O)(O)OP(=O)(O)O.